The summed E-state index contributed by atoms with van der Waals surface area (Å²) in [6.07, 6.45) is 2.97. The van der Waals surface area contributed by atoms with Crippen molar-refractivity contribution in [2.45, 2.75) is 6.92 Å². The van der Waals surface area contributed by atoms with E-state index < -0.39 is 17.8 Å². The van der Waals surface area contributed by atoms with Gasteiger partial charge in [0.05, 0.1) is 19.8 Å². The molecule has 1 heterocycles. The average molecular weight is 280 g/mol. The molecule has 0 saturated carbocycles. The number of ether oxygens (including phenoxy) is 2. The van der Waals surface area contributed by atoms with Crippen molar-refractivity contribution < 1.29 is 23.9 Å². The van der Waals surface area contributed by atoms with Crippen LogP contribution in [-0.4, -0.2) is 55.0 Å². The van der Waals surface area contributed by atoms with Crippen molar-refractivity contribution in [1.82, 2.24) is 9.88 Å². The third-order valence-corrected chi connectivity index (χ3v) is 2.50. The number of hydrogen-bond acceptors (Lipinski definition) is 6. The summed E-state index contributed by atoms with van der Waals surface area (Å²) in [4.78, 5) is 39.8. The van der Waals surface area contributed by atoms with Crippen LogP contribution in [-0.2, 0) is 19.1 Å². The molecule has 1 aromatic rings. The smallest absolute Gasteiger partial charge is 0.325 e. The maximum absolute atomic E-state index is 12.3. The largest absolute Gasteiger partial charge is 0.468 e. The van der Waals surface area contributed by atoms with Crippen molar-refractivity contribution in [1.29, 1.82) is 0 Å². The molecule has 0 fully saturated rings. The molecule has 0 N–H and O–H groups in total. The Kier molecular flexibility index (Phi) is 5.64. The fourth-order valence-electron chi connectivity index (χ4n) is 1.49. The highest BCUT2D eigenvalue weighted by Gasteiger charge is 2.22. The molecule has 0 aliphatic rings. The third-order valence-electron chi connectivity index (χ3n) is 2.50. The number of carbonyl (C=O) groups is 3. The van der Waals surface area contributed by atoms with Crippen molar-refractivity contribution in [2.24, 2.45) is 0 Å². The third kappa shape index (κ3) is 4.34. The summed E-state index contributed by atoms with van der Waals surface area (Å²) < 4.78 is 9.01. The number of aromatic nitrogens is 1. The molecule has 1 aromatic heterocycles. The standard InChI is InChI=1S/C13H16N2O5/c1-9-4-10(6-14-5-9)13(18)15(7-11(16)19-2)8-12(17)20-3/h4-6H,7-8H2,1-3H3. The highest BCUT2D eigenvalue weighted by molar-refractivity contribution is 5.97. The molecule has 1 rings (SSSR count). The van der Waals surface area contributed by atoms with Crippen molar-refractivity contribution in [3.8, 4) is 0 Å². The van der Waals surface area contributed by atoms with Crippen molar-refractivity contribution in [3.05, 3.63) is 29.6 Å². The Morgan fingerprint density at radius 3 is 2.10 bits per heavy atom. The number of amides is 1. The van der Waals surface area contributed by atoms with Gasteiger partial charge < -0.3 is 14.4 Å². The molecule has 7 nitrogen and oxygen atoms in total. The fourth-order valence-corrected chi connectivity index (χ4v) is 1.49. The minimum absolute atomic E-state index is 0.290. The molecule has 0 radical (unpaired) electrons. The highest BCUT2D eigenvalue weighted by Crippen LogP contribution is 2.06. The Morgan fingerprint density at radius 1 is 1.10 bits per heavy atom. The summed E-state index contributed by atoms with van der Waals surface area (Å²) >= 11 is 0. The van der Waals surface area contributed by atoms with Crippen LogP contribution < -0.4 is 0 Å². The molecule has 0 aliphatic carbocycles. The Hall–Kier alpha value is -2.44. The minimum atomic E-state index is -0.622. The van der Waals surface area contributed by atoms with Crippen molar-refractivity contribution in [3.63, 3.8) is 0 Å². The normalized spacial score (nSPS) is 9.75. The molecule has 0 aromatic carbocycles. The van der Waals surface area contributed by atoms with Gasteiger partial charge in [-0.3, -0.25) is 19.4 Å². The van der Waals surface area contributed by atoms with E-state index in [9.17, 15) is 14.4 Å². The Bertz CT molecular complexity index is 497. The van der Waals surface area contributed by atoms with Crippen molar-refractivity contribution in [2.75, 3.05) is 27.3 Å². The molecular weight excluding hydrogens is 264 g/mol. The van der Waals surface area contributed by atoms with Crippen LogP contribution in [0.25, 0.3) is 0 Å². The fraction of sp³-hybridized carbons (Fsp3) is 0.385. The predicted octanol–water partition coefficient (Wildman–Crippen LogP) is 0.178. The van der Waals surface area contributed by atoms with Crippen LogP contribution in [0.2, 0.25) is 0 Å². The first-order valence-corrected chi connectivity index (χ1v) is 5.82. The van der Waals surface area contributed by atoms with Gasteiger partial charge in [0.25, 0.3) is 5.91 Å². The number of pyridine rings is 1. The summed E-state index contributed by atoms with van der Waals surface area (Å²) in [5.41, 5.74) is 1.09. The van der Waals surface area contributed by atoms with Crippen LogP contribution in [0, 0.1) is 6.92 Å². The van der Waals surface area contributed by atoms with Crippen LogP contribution in [0.4, 0.5) is 0 Å². The van der Waals surface area contributed by atoms with E-state index in [0.717, 1.165) is 10.5 Å². The van der Waals surface area contributed by atoms with Gasteiger partial charge in [-0.05, 0) is 18.6 Å². The summed E-state index contributed by atoms with van der Waals surface area (Å²) in [7, 11) is 2.41. The lowest BCUT2D eigenvalue weighted by atomic mass is 10.2. The first-order chi connectivity index (χ1) is 9.47. The molecule has 0 aliphatic heterocycles. The molecule has 1 amide bonds. The minimum Gasteiger partial charge on any atom is -0.468 e. The van der Waals surface area contributed by atoms with Gasteiger partial charge in [0, 0.05) is 12.4 Å². The molecule has 0 atom stereocenters. The zero-order valence-corrected chi connectivity index (χ0v) is 11.6. The number of carbonyl (C=O) groups excluding carboxylic acids is 3. The molecule has 0 spiro atoms. The summed E-state index contributed by atoms with van der Waals surface area (Å²) in [6, 6.07) is 1.62. The maximum atomic E-state index is 12.3. The van der Waals surface area contributed by atoms with Crippen LogP contribution in [0.3, 0.4) is 0 Å². The average Bonchev–Trinajstić information content (AvgIpc) is 2.45. The van der Waals surface area contributed by atoms with E-state index >= 15 is 0 Å². The first kappa shape index (κ1) is 15.6. The Balaban J connectivity index is 2.93. The number of esters is 2. The number of aryl methyl sites for hydroxylation is 1. The monoisotopic (exact) mass is 280 g/mol. The molecule has 108 valence electrons. The Morgan fingerprint density at radius 2 is 1.65 bits per heavy atom. The number of methoxy groups -OCH3 is 2. The summed E-state index contributed by atoms with van der Waals surface area (Å²) in [5, 5.41) is 0. The first-order valence-electron chi connectivity index (χ1n) is 5.82. The maximum Gasteiger partial charge on any atom is 0.325 e. The van der Waals surface area contributed by atoms with E-state index in [1.54, 1.807) is 19.2 Å². The SMILES string of the molecule is COC(=O)CN(CC(=O)OC)C(=O)c1cncc(C)c1. The second-order valence-corrected chi connectivity index (χ2v) is 4.06. The van der Waals surface area contributed by atoms with Gasteiger partial charge in [-0.1, -0.05) is 0 Å². The van der Waals surface area contributed by atoms with Crippen LogP contribution in [0.15, 0.2) is 18.5 Å². The van der Waals surface area contributed by atoms with E-state index in [1.807, 2.05) is 0 Å². The van der Waals surface area contributed by atoms with Gasteiger partial charge in [0.2, 0.25) is 0 Å². The highest BCUT2D eigenvalue weighted by atomic mass is 16.5. The second-order valence-electron chi connectivity index (χ2n) is 4.06. The summed E-state index contributed by atoms with van der Waals surface area (Å²) in [6.45, 7) is 1.12. The van der Waals surface area contributed by atoms with Gasteiger partial charge in [0.1, 0.15) is 13.1 Å². The summed E-state index contributed by atoms with van der Waals surface area (Å²) in [5.74, 6) is -1.73. The predicted molar refractivity (Wildman–Crippen MR) is 68.9 cm³/mol. The number of rotatable bonds is 5. The Labute approximate surface area is 116 Å². The molecule has 0 unspecified atom stereocenters. The van der Waals surface area contributed by atoms with Crippen LogP contribution >= 0.6 is 0 Å². The van der Waals surface area contributed by atoms with Crippen LogP contribution in [0.5, 0.6) is 0 Å². The topological polar surface area (TPSA) is 85.8 Å². The van der Waals surface area contributed by atoms with Crippen molar-refractivity contribution >= 4 is 17.8 Å². The zero-order chi connectivity index (χ0) is 15.1. The lowest BCUT2D eigenvalue weighted by molar-refractivity contribution is -0.144. The lowest BCUT2D eigenvalue weighted by Crippen LogP contribution is -2.40. The van der Waals surface area contributed by atoms with E-state index in [1.165, 1.54) is 20.4 Å². The molecule has 0 bridgehead atoms. The van der Waals surface area contributed by atoms with E-state index in [0.29, 0.717) is 0 Å². The molecular formula is C13H16N2O5. The number of nitrogens with zero attached hydrogens (tertiary/aromatic N) is 2. The van der Waals surface area contributed by atoms with Gasteiger partial charge in [0.15, 0.2) is 0 Å². The van der Waals surface area contributed by atoms with Gasteiger partial charge in [-0.25, -0.2) is 0 Å². The van der Waals surface area contributed by atoms with E-state index in [2.05, 4.69) is 14.5 Å². The van der Waals surface area contributed by atoms with E-state index in [-0.39, 0.29) is 18.7 Å². The molecule has 20 heavy (non-hydrogen) atoms. The number of hydrogen-bond donors (Lipinski definition) is 0. The lowest BCUT2D eigenvalue weighted by Gasteiger charge is -2.20. The van der Waals surface area contributed by atoms with E-state index in [4.69, 9.17) is 0 Å². The second kappa shape index (κ2) is 7.22. The molecule has 0 saturated heterocycles. The zero-order valence-electron chi connectivity index (χ0n) is 11.6. The van der Waals surface area contributed by atoms with Gasteiger partial charge in [-0.2, -0.15) is 0 Å². The van der Waals surface area contributed by atoms with Crippen LogP contribution in [0.1, 0.15) is 15.9 Å². The van der Waals surface area contributed by atoms with Gasteiger partial charge in [-0.15, -0.1) is 0 Å². The van der Waals surface area contributed by atoms with Gasteiger partial charge >= 0.3 is 11.9 Å². The quantitative estimate of drug-likeness (QED) is 0.715. The molecule has 7 heteroatoms.